The summed E-state index contributed by atoms with van der Waals surface area (Å²) in [5, 5.41) is 6.53. The van der Waals surface area contributed by atoms with Crippen molar-refractivity contribution in [3.05, 3.63) is 48.0 Å². The molecule has 94 valence electrons. The average molecular weight is 247 g/mol. The van der Waals surface area contributed by atoms with Gasteiger partial charge >= 0.3 is 0 Å². The third kappa shape index (κ3) is 3.16. The molecule has 0 radical (unpaired) electrons. The van der Waals surface area contributed by atoms with Gasteiger partial charge in [0.05, 0.1) is 5.69 Å². The molecular weight excluding hydrogens is 233 g/mol. The van der Waals surface area contributed by atoms with Crippen molar-refractivity contribution in [2.75, 3.05) is 5.32 Å². The van der Waals surface area contributed by atoms with Crippen LogP contribution >= 0.6 is 0 Å². The Morgan fingerprint density at radius 3 is 3.00 bits per heavy atom. The van der Waals surface area contributed by atoms with Gasteiger partial charge < -0.3 is 5.32 Å². The van der Waals surface area contributed by atoms with Gasteiger partial charge in [-0.15, -0.1) is 0 Å². The molecule has 0 atom stereocenters. The molecule has 0 unspecified atom stereocenters. The zero-order valence-electron chi connectivity index (χ0n) is 10.1. The van der Waals surface area contributed by atoms with Crippen molar-refractivity contribution >= 4 is 11.6 Å². The standard InChI is InChI=1S/C13H14FN3O/c1-10-3-4-12(11(14)9-10)16-13(18)5-8-17-7-2-6-15-17/h2-4,6-7,9H,5,8H2,1H3,(H,16,18). The van der Waals surface area contributed by atoms with Crippen molar-refractivity contribution in [2.24, 2.45) is 0 Å². The molecule has 5 heteroatoms. The molecule has 18 heavy (non-hydrogen) atoms. The van der Waals surface area contributed by atoms with Gasteiger partial charge in [0.1, 0.15) is 5.82 Å². The smallest absolute Gasteiger partial charge is 0.226 e. The summed E-state index contributed by atoms with van der Waals surface area (Å²) in [5.41, 5.74) is 1.04. The van der Waals surface area contributed by atoms with E-state index in [4.69, 9.17) is 0 Å². The average Bonchev–Trinajstić information content (AvgIpc) is 2.83. The minimum atomic E-state index is -0.414. The van der Waals surface area contributed by atoms with Crippen LogP contribution in [0.4, 0.5) is 10.1 Å². The Labute approximate surface area is 104 Å². The highest BCUT2D eigenvalue weighted by molar-refractivity contribution is 5.90. The number of aryl methyl sites for hydroxylation is 2. The highest BCUT2D eigenvalue weighted by Gasteiger charge is 2.07. The number of anilines is 1. The molecule has 4 nitrogen and oxygen atoms in total. The van der Waals surface area contributed by atoms with Crippen LogP contribution in [-0.2, 0) is 11.3 Å². The summed E-state index contributed by atoms with van der Waals surface area (Å²) in [4.78, 5) is 11.6. The van der Waals surface area contributed by atoms with Gasteiger partial charge in [0.15, 0.2) is 0 Å². The molecule has 0 spiro atoms. The topological polar surface area (TPSA) is 46.9 Å². The normalized spacial score (nSPS) is 10.3. The first-order valence-electron chi connectivity index (χ1n) is 5.68. The number of carbonyl (C=O) groups is 1. The van der Waals surface area contributed by atoms with Crippen LogP contribution in [0.2, 0.25) is 0 Å². The van der Waals surface area contributed by atoms with Gasteiger partial charge in [-0.3, -0.25) is 9.48 Å². The van der Waals surface area contributed by atoms with Crippen molar-refractivity contribution < 1.29 is 9.18 Å². The van der Waals surface area contributed by atoms with Crippen LogP contribution in [0.15, 0.2) is 36.7 Å². The Hall–Kier alpha value is -2.17. The van der Waals surface area contributed by atoms with Crippen LogP contribution in [0, 0.1) is 12.7 Å². The molecule has 1 N–H and O–H groups in total. The van der Waals surface area contributed by atoms with E-state index in [1.165, 1.54) is 6.07 Å². The van der Waals surface area contributed by atoms with Gasteiger partial charge in [-0.1, -0.05) is 6.07 Å². The number of benzene rings is 1. The molecule has 0 bridgehead atoms. The number of carbonyl (C=O) groups excluding carboxylic acids is 1. The number of hydrogen-bond donors (Lipinski definition) is 1. The zero-order chi connectivity index (χ0) is 13.0. The van der Waals surface area contributed by atoms with E-state index >= 15 is 0 Å². The van der Waals surface area contributed by atoms with Crippen LogP contribution in [0.1, 0.15) is 12.0 Å². The number of amides is 1. The third-order valence-electron chi connectivity index (χ3n) is 2.53. The summed E-state index contributed by atoms with van der Waals surface area (Å²) in [5.74, 6) is -0.643. The molecule has 0 saturated heterocycles. The lowest BCUT2D eigenvalue weighted by atomic mass is 10.2. The van der Waals surface area contributed by atoms with E-state index in [9.17, 15) is 9.18 Å². The fraction of sp³-hybridized carbons (Fsp3) is 0.231. The van der Waals surface area contributed by atoms with E-state index < -0.39 is 5.82 Å². The van der Waals surface area contributed by atoms with Crippen molar-refractivity contribution in [1.29, 1.82) is 0 Å². The van der Waals surface area contributed by atoms with E-state index in [0.717, 1.165) is 5.56 Å². The van der Waals surface area contributed by atoms with Crippen molar-refractivity contribution in [3.63, 3.8) is 0 Å². The number of nitrogens with one attached hydrogen (secondary N) is 1. The molecule has 0 aliphatic heterocycles. The quantitative estimate of drug-likeness (QED) is 0.901. The summed E-state index contributed by atoms with van der Waals surface area (Å²) in [6.07, 6.45) is 3.69. The lowest BCUT2D eigenvalue weighted by Crippen LogP contribution is -2.15. The molecule has 0 aliphatic rings. The Morgan fingerprint density at radius 2 is 2.33 bits per heavy atom. The van der Waals surface area contributed by atoms with Crippen LogP contribution < -0.4 is 5.32 Å². The lowest BCUT2D eigenvalue weighted by Gasteiger charge is -2.07. The van der Waals surface area contributed by atoms with Crippen LogP contribution in [0.3, 0.4) is 0 Å². The summed E-state index contributed by atoms with van der Waals surface area (Å²) >= 11 is 0. The van der Waals surface area contributed by atoms with Crippen LogP contribution in [0.5, 0.6) is 0 Å². The van der Waals surface area contributed by atoms with Gasteiger partial charge in [-0.05, 0) is 30.7 Å². The summed E-state index contributed by atoms with van der Waals surface area (Å²) in [6, 6.07) is 6.50. The minimum Gasteiger partial charge on any atom is -0.324 e. The van der Waals surface area contributed by atoms with Crippen molar-refractivity contribution in [3.8, 4) is 0 Å². The first kappa shape index (κ1) is 12.3. The lowest BCUT2D eigenvalue weighted by molar-refractivity contribution is -0.116. The van der Waals surface area contributed by atoms with Gasteiger partial charge in [-0.2, -0.15) is 5.10 Å². The van der Waals surface area contributed by atoms with E-state index in [-0.39, 0.29) is 18.0 Å². The summed E-state index contributed by atoms with van der Waals surface area (Å²) < 4.78 is 15.1. The molecule has 0 saturated carbocycles. The third-order valence-corrected chi connectivity index (χ3v) is 2.53. The molecular formula is C13H14FN3O. The fourth-order valence-corrected chi connectivity index (χ4v) is 1.58. The zero-order valence-corrected chi connectivity index (χ0v) is 10.1. The Morgan fingerprint density at radius 1 is 1.50 bits per heavy atom. The maximum Gasteiger partial charge on any atom is 0.226 e. The Balaban J connectivity index is 1.91. The molecule has 1 heterocycles. The number of halogens is 1. The predicted octanol–water partition coefficient (Wildman–Crippen LogP) is 2.36. The largest absolute Gasteiger partial charge is 0.324 e. The number of aromatic nitrogens is 2. The number of rotatable bonds is 4. The second-order valence-corrected chi connectivity index (χ2v) is 4.05. The fourth-order valence-electron chi connectivity index (χ4n) is 1.58. The highest BCUT2D eigenvalue weighted by atomic mass is 19.1. The Kier molecular flexibility index (Phi) is 3.72. The Bertz CT molecular complexity index is 537. The molecule has 2 rings (SSSR count). The molecule has 1 aromatic carbocycles. The number of hydrogen-bond acceptors (Lipinski definition) is 2. The van der Waals surface area contributed by atoms with Crippen molar-refractivity contribution in [1.82, 2.24) is 9.78 Å². The molecule has 1 aromatic heterocycles. The highest BCUT2D eigenvalue weighted by Crippen LogP contribution is 2.15. The maximum absolute atomic E-state index is 13.5. The summed E-state index contributed by atoms with van der Waals surface area (Å²) in [7, 11) is 0. The van der Waals surface area contributed by atoms with Gasteiger partial charge in [0, 0.05) is 25.4 Å². The monoisotopic (exact) mass is 247 g/mol. The molecule has 1 amide bonds. The van der Waals surface area contributed by atoms with Crippen molar-refractivity contribution in [2.45, 2.75) is 19.9 Å². The van der Waals surface area contributed by atoms with E-state index in [2.05, 4.69) is 10.4 Å². The first-order chi connectivity index (χ1) is 8.65. The van der Waals surface area contributed by atoms with Crippen LogP contribution in [0.25, 0.3) is 0 Å². The SMILES string of the molecule is Cc1ccc(NC(=O)CCn2cccn2)c(F)c1. The minimum absolute atomic E-state index is 0.214. The van der Waals surface area contributed by atoms with Gasteiger partial charge in [0.2, 0.25) is 5.91 Å². The second-order valence-electron chi connectivity index (χ2n) is 4.05. The van der Waals surface area contributed by atoms with E-state index in [1.54, 1.807) is 42.2 Å². The second kappa shape index (κ2) is 5.44. The number of nitrogens with zero attached hydrogens (tertiary/aromatic N) is 2. The maximum atomic E-state index is 13.5. The van der Waals surface area contributed by atoms with Gasteiger partial charge in [0.25, 0.3) is 0 Å². The molecule has 0 fully saturated rings. The predicted molar refractivity (Wildman–Crippen MR) is 66.6 cm³/mol. The summed E-state index contributed by atoms with van der Waals surface area (Å²) in [6.45, 7) is 2.28. The molecule has 0 aliphatic carbocycles. The van der Waals surface area contributed by atoms with Crippen LogP contribution in [-0.4, -0.2) is 15.7 Å². The van der Waals surface area contributed by atoms with Gasteiger partial charge in [-0.25, -0.2) is 4.39 Å². The van der Waals surface area contributed by atoms with E-state index in [0.29, 0.717) is 6.54 Å². The first-order valence-corrected chi connectivity index (χ1v) is 5.68. The molecule has 2 aromatic rings. The van der Waals surface area contributed by atoms with E-state index in [1.807, 2.05) is 0 Å².